The third kappa shape index (κ3) is 2.81. The van der Waals surface area contributed by atoms with Crippen molar-refractivity contribution in [3.8, 4) is 0 Å². The number of carbonyl (C=O) groups is 1. The summed E-state index contributed by atoms with van der Waals surface area (Å²) in [7, 11) is 3.86. The quantitative estimate of drug-likeness (QED) is 0.936. The van der Waals surface area contributed by atoms with Crippen molar-refractivity contribution in [3.63, 3.8) is 0 Å². The average Bonchev–Trinajstić information content (AvgIpc) is 3.10. The predicted octanol–water partition coefficient (Wildman–Crippen LogP) is 2.47. The Morgan fingerprint density at radius 1 is 1.35 bits per heavy atom. The lowest BCUT2D eigenvalue weighted by Crippen LogP contribution is -2.35. The maximum atomic E-state index is 12.3. The molecule has 1 amide bonds. The van der Waals surface area contributed by atoms with Crippen molar-refractivity contribution in [2.24, 2.45) is 7.05 Å². The zero-order valence-electron chi connectivity index (χ0n) is 14.4. The number of thiophene rings is 1. The molecule has 1 saturated heterocycles. The van der Waals surface area contributed by atoms with Gasteiger partial charge < -0.3 is 10.2 Å². The van der Waals surface area contributed by atoms with Gasteiger partial charge >= 0.3 is 0 Å². The summed E-state index contributed by atoms with van der Waals surface area (Å²) in [4.78, 5) is 15.5. The first kappa shape index (κ1) is 16.2. The molecule has 0 spiro atoms. The van der Waals surface area contributed by atoms with Gasteiger partial charge in [0.2, 0.25) is 5.91 Å². The van der Waals surface area contributed by atoms with Gasteiger partial charge in [-0.1, -0.05) is 0 Å². The Balaban J connectivity index is 1.86. The molecule has 124 valence electrons. The smallest absolute Gasteiger partial charge is 0.224 e. The van der Waals surface area contributed by atoms with Gasteiger partial charge in [0.1, 0.15) is 0 Å². The molecule has 5 nitrogen and oxygen atoms in total. The van der Waals surface area contributed by atoms with Gasteiger partial charge in [-0.2, -0.15) is 5.10 Å². The molecule has 1 aliphatic rings. The van der Waals surface area contributed by atoms with Crippen molar-refractivity contribution >= 4 is 17.2 Å². The van der Waals surface area contributed by atoms with Crippen LogP contribution < -0.4 is 5.32 Å². The lowest BCUT2D eigenvalue weighted by atomic mass is 9.98. The molecule has 1 aliphatic heterocycles. The molecule has 1 N–H and O–H groups in total. The molecule has 2 aromatic heterocycles. The van der Waals surface area contributed by atoms with Crippen LogP contribution in [0, 0.1) is 20.8 Å². The van der Waals surface area contributed by atoms with E-state index in [9.17, 15) is 4.79 Å². The minimum Gasteiger partial charge on any atom is -0.337 e. The van der Waals surface area contributed by atoms with Crippen LogP contribution in [0.4, 0.5) is 0 Å². The topological polar surface area (TPSA) is 50.2 Å². The number of rotatable bonds is 4. The zero-order valence-corrected chi connectivity index (χ0v) is 15.2. The number of amides is 1. The van der Waals surface area contributed by atoms with Crippen LogP contribution in [0.5, 0.6) is 0 Å². The molecular formula is C17H24N4OS. The Hall–Kier alpha value is -1.66. The van der Waals surface area contributed by atoms with Gasteiger partial charge in [0.05, 0.1) is 11.7 Å². The third-order valence-electron chi connectivity index (χ3n) is 4.94. The number of likely N-dealkylation sites (N-methyl/N-ethyl adjacent to an activating group) is 1. The van der Waals surface area contributed by atoms with Crippen LogP contribution in [0.1, 0.15) is 39.9 Å². The summed E-state index contributed by atoms with van der Waals surface area (Å²) >= 11 is 1.76. The van der Waals surface area contributed by atoms with Crippen molar-refractivity contribution in [3.05, 3.63) is 38.8 Å². The highest BCUT2D eigenvalue weighted by atomic mass is 32.1. The van der Waals surface area contributed by atoms with E-state index in [1.807, 2.05) is 30.6 Å². The van der Waals surface area contributed by atoms with E-state index in [4.69, 9.17) is 0 Å². The largest absolute Gasteiger partial charge is 0.337 e. The molecule has 2 atom stereocenters. The van der Waals surface area contributed by atoms with E-state index >= 15 is 0 Å². The summed E-state index contributed by atoms with van der Waals surface area (Å²) < 4.78 is 1.90. The minimum atomic E-state index is 0.0523. The summed E-state index contributed by atoms with van der Waals surface area (Å²) in [6, 6.07) is 2.31. The second-order valence-electron chi connectivity index (χ2n) is 6.38. The van der Waals surface area contributed by atoms with Gasteiger partial charge in [-0.05, 0) is 37.8 Å². The molecule has 0 aromatic carbocycles. The Morgan fingerprint density at radius 3 is 2.65 bits per heavy atom. The summed E-state index contributed by atoms with van der Waals surface area (Å²) in [6.07, 6.45) is 0.541. The molecule has 6 heteroatoms. The monoisotopic (exact) mass is 332 g/mol. The molecule has 0 unspecified atom stereocenters. The van der Waals surface area contributed by atoms with Crippen molar-refractivity contribution in [1.29, 1.82) is 0 Å². The number of carbonyl (C=O) groups excluding carboxylic acids is 1. The second-order valence-corrected chi connectivity index (χ2v) is 7.38. The summed E-state index contributed by atoms with van der Waals surface area (Å²) in [5, 5.41) is 10.3. The highest BCUT2D eigenvalue weighted by molar-refractivity contribution is 7.10. The standard InChI is InChI=1S/C17H24N4OS/c1-10-6-7-23-14(10)9-18-13-8-15(22)20(4)17(13)16-11(2)19-21(5)12(16)3/h6-7,13,17-18H,8-9H2,1-5H3/t13-,17-/m1/s1. The molecule has 0 bridgehead atoms. The average molecular weight is 332 g/mol. The minimum absolute atomic E-state index is 0.0523. The van der Waals surface area contributed by atoms with Crippen molar-refractivity contribution < 1.29 is 4.79 Å². The molecule has 1 fully saturated rings. The van der Waals surface area contributed by atoms with E-state index in [0.717, 1.165) is 17.9 Å². The van der Waals surface area contributed by atoms with Gasteiger partial charge in [0.15, 0.2) is 0 Å². The van der Waals surface area contributed by atoms with E-state index in [2.05, 4.69) is 35.7 Å². The van der Waals surface area contributed by atoms with Gasteiger partial charge in [0, 0.05) is 49.2 Å². The van der Waals surface area contributed by atoms with E-state index in [1.54, 1.807) is 11.3 Å². The van der Waals surface area contributed by atoms with E-state index < -0.39 is 0 Å². The number of nitrogens with zero attached hydrogens (tertiary/aromatic N) is 3. The fourth-order valence-electron chi connectivity index (χ4n) is 3.47. The fourth-order valence-corrected chi connectivity index (χ4v) is 4.33. The van der Waals surface area contributed by atoms with Gasteiger partial charge in [-0.25, -0.2) is 0 Å². The van der Waals surface area contributed by atoms with Crippen molar-refractivity contribution in [2.45, 2.75) is 45.8 Å². The Kier molecular flexibility index (Phi) is 4.29. The van der Waals surface area contributed by atoms with Crippen LogP contribution >= 0.6 is 11.3 Å². The molecule has 0 saturated carbocycles. The van der Waals surface area contributed by atoms with E-state index in [-0.39, 0.29) is 18.0 Å². The maximum Gasteiger partial charge on any atom is 0.224 e. The lowest BCUT2D eigenvalue weighted by molar-refractivity contribution is -0.127. The molecule has 2 aromatic rings. The van der Waals surface area contributed by atoms with Crippen LogP contribution in [-0.2, 0) is 18.4 Å². The SMILES string of the molecule is Cc1ccsc1CN[C@@H]1CC(=O)N(C)[C@H]1c1c(C)nn(C)c1C. The van der Waals surface area contributed by atoms with Crippen LogP contribution in [0.3, 0.4) is 0 Å². The van der Waals surface area contributed by atoms with Crippen molar-refractivity contribution in [1.82, 2.24) is 20.0 Å². The predicted molar refractivity (Wildman–Crippen MR) is 92.5 cm³/mol. The first-order valence-electron chi connectivity index (χ1n) is 7.92. The van der Waals surface area contributed by atoms with E-state index in [0.29, 0.717) is 6.42 Å². The van der Waals surface area contributed by atoms with Crippen LogP contribution in [0.2, 0.25) is 0 Å². The van der Waals surface area contributed by atoms with E-state index in [1.165, 1.54) is 16.0 Å². The van der Waals surface area contributed by atoms with Gasteiger partial charge in [-0.3, -0.25) is 9.48 Å². The molecule has 23 heavy (non-hydrogen) atoms. The fraction of sp³-hybridized carbons (Fsp3) is 0.529. The highest BCUT2D eigenvalue weighted by Gasteiger charge is 2.40. The number of aromatic nitrogens is 2. The number of likely N-dealkylation sites (tertiary alicyclic amines) is 1. The third-order valence-corrected chi connectivity index (χ3v) is 5.96. The lowest BCUT2D eigenvalue weighted by Gasteiger charge is -2.26. The number of aryl methyl sites for hydroxylation is 3. The number of hydrogen-bond acceptors (Lipinski definition) is 4. The summed E-state index contributed by atoms with van der Waals surface area (Å²) in [6.45, 7) is 7.04. The highest BCUT2D eigenvalue weighted by Crippen LogP contribution is 2.35. The van der Waals surface area contributed by atoms with Gasteiger partial charge in [0.25, 0.3) is 0 Å². The summed E-state index contributed by atoms with van der Waals surface area (Å²) in [5.41, 5.74) is 4.63. The number of nitrogens with one attached hydrogen (secondary N) is 1. The Labute approximate surface area is 141 Å². The molecule has 0 radical (unpaired) electrons. The molecule has 3 heterocycles. The van der Waals surface area contributed by atoms with Crippen LogP contribution in [0.25, 0.3) is 0 Å². The zero-order chi connectivity index (χ0) is 16.7. The Morgan fingerprint density at radius 2 is 2.09 bits per heavy atom. The molecular weight excluding hydrogens is 308 g/mol. The summed E-state index contributed by atoms with van der Waals surface area (Å²) in [5.74, 6) is 0.193. The van der Waals surface area contributed by atoms with Crippen LogP contribution in [-0.4, -0.2) is 33.7 Å². The van der Waals surface area contributed by atoms with Crippen molar-refractivity contribution in [2.75, 3.05) is 7.05 Å². The molecule has 0 aliphatic carbocycles. The van der Waals surface area contributed by atoms with Gasteiger partial charge in [-0.15, -0.1) is 11.3 Å². The second kappa shape index (κ2) is 6.09. The Bertz CT molecular complexity index is 733. The molecule has 3 rings (SSSR count). The first-order chi connectivity index (χ1) is 10.9. The first-order valence-corrected chi connectivity index (χ1v) is 8.80. The van der Waals surface area contributed by atoms with Crippen LogP contribution in [0.15, 0.2) is 11.4 Å². The maximum absolute atomic E-state index is 12.3. The normalized spacial score (nSPS) is 21.4. The number of hydrogen-bond donors (Lipinski definition) is 1.